The smallest absolute Gasteiger partial charge is 0.241 e. The first kappa shape index (κ1) is 20.8. The van der Waals surface area contributed by atoms with Gasteiger partial charge in [0.1, 0.15) is 6.61 Å². The minimum Gasteiger partial charge on any atom is -0.493 e. The Morgan fingerprint density at radius 3 is 2.73 bits per heavy atom. The third-order valence-corrected chi connectivity index (χ3v) is 5.16. The Kier molecular flexibility index (Phi) is 8.00. The molecule has 0 bridgehead atoms. The molecule has 1 heterocycles. The van der Waals surface area contributed by atoms with Gasteiger partial charge >= 0.3 is 0 Å². The van der Waals surface area contributed by atoms with E-state index in [1.54, 1.807) is 26.4 Å². The monoisotopic (exact) mass is 384 g/mol. The number of anilines is 1. The molecule has 3 rings (SSSR count). The summed E-state index contributed by atoms with van der Waals surface area (Å²) in [5, 5.41) is 6.51. The van der Waals surface area contributed by atoms with Gasteiger partial charge in [-0.25, -0.2) is 0 Å². The standard InChI is InChI=1S/C19H28N2O4.ClH/c1-23-9-10-25-18-12-14(7-8-17(18)24-2)20-19(22)16-11-13-5-3-4-6-15(13)21-16;/h7-8,12-13,15-16,21H,3-6,9-11H2,1-2H3,(H,20,22);1H. The molecule has 1 saturated carbocycles. The number of nitrogens with one attached hydrogen (secondary N) is 2. The third-order valence-electron chi connectivity index (χ3n) is 5.16. The van der Waals surface area contributed by atoms with Gasteiger partial charge in [0.15, 0.2) is 11.5 Å². The maximum atomic E-state index is 12.6. The van der Waals surface area contributed by atoms with Crippen LogP contribution in [0.4, 0.5) is 5.69 Å². The molecule has 0 aromatic heterocycles. The van der Waals surface area contributed by atoms with Gasteiger partial charge in [-0.1, -0.05) is 12.8 Å². The number of carbonyl (C=O) groups is 1. The summed E-state index contributed by atoms with van der Waals surface area (Å²) in [6, 6.07) is 5.84. The average molecular weight is 385 g/mol. The van der Waals surface area contributed by atoms with Gasteiger partial charge in [-0.3, -0.25) is 4.79 Å². The summed E-state index contributed by atoms with van der Waals surface area (Å²) < 4.78 is 16.0. The van der Waals surface area contributed by atoms with Gasteiger partial charge in [0.2, 0.25) is 5.91 Å². The topological polar surface area (TPSA) is 68.8 Å². The largest absolute Gasteiger partial charge is 0.493 e. The van der Waals surface area contributed by atoms with E-state index in [0.29, 0.717) is 36.7 Å². The molecule has 146 valence electrons. The maximum absolute atomic E-state index is 12.6. The molecule has 2 N–H and O–H groups in total. The van der Waals surface area contributed by atoms with Crippen molar-refractivity contribution in [3.05, 3.63) is 18.2 Å². The molecule has 3 atom stereocenters. The van der Waals surface area contributed by atoms with Crippen molar-refractivity contribution in [1.82, 2.24) is 5.32 Å². The summed E-state index contributed by atoms with van der Waals surface area (Å²) in [4.78, 5) is 12.6. The molecule has 1 aliphatic heterocycles. The fourth-order valence-corrected chi connectivity index (χ4v) is 3.85. The summed E-state index contributed by atoms with van der Waals surface area (Å²) in [5.74, 6) is 1.92. The van der Waals surface area contributed by atoms with Gasteiger partial charge in [0.05, 0.1) is 19.8 Å². The molecule has 1 amide bonds. The minimum absolute atomic E-state index is 0. The predicted octanol–water partition coefficient (Wildman–Crippen LogP) is 3.00. The number of fused-ring (bicyclic) bond motifs is 1. The fourth-order valence-electron chi connectivity index (χ4n) is 3.85. The Labute approximate surface area is 161 Å². The first-order valence-corrected chi connectivity index (χ1v) is 9.08. The van der Waals surface area contributed by atoms with Gasteiger partial charge in [-0.2, -0.15) is 0 Å². The maximum Gasteiger partial charge on any atom is 0.241 e. The predicted molar refractivity (Wildman–Crippen MR) is 104 cm³/mol. The second kappa shape index (κ2) is 10.00. The molecule has 3 unspecified atom stereocenters. The van der Waals surface area contributed by atoms with Crippen LogP contribution in [0.1, 0.15) is 32.1 Å². The lowest BCUT2D eigenvalue weighted by molar-refractivity contribution is -0.117. The Hall–Kier alpha value is -1.50. The molecule has 0 spiro atoms. The van der Waals surface area contributed by atoms with Gasteiger partial charge in [0.25, 0.3) is 0 Å². The number of ether oxygens (including phenoxy) is 3. The average Bonchev–Trinajstić information content (AvgIpc) is 3.06. The molecule has 1 aromatic carbocycles. The van der Waals surface area contributed by atoms with Gasteiger partial charge in [-0.05, 0) is 37.3 Å². The van der Waals surface area contributed by atoms with Gasteiger partial charge < -0.3 is 24.8 Å². The van der Waals surface area contributed by atoms with E-state index in [1.165, 1.54) is 25.7 Å². The van der Waals surface area contributed by atoms with Crippen LogP contribution in [0.15, 0.2) is 18.2 Å². The van der Waals surface area contributed by atoms with Crippen LogP contribution in [0.5, 0.6) is 11.5 Å². The van der Waals surface area contributed by atoms with Crippen molar-refractivity contribution >= 4 is 24.0 Å². The minimum atomic E-state index is -0.104. The highest BCUT2D eigenvalue weighted by atomic mass is 35.5. The number of benzene rings is 1. The number of methoxy groups -OCH3 is 2. The number of rotatable bonds is 7. The lowest BCUT2D eigenvalue weighted by Gasteiger charge is -2.24. The number of amides is 1. The molecule has 2 aliphatic rings. The quantitative estimate of drug-likeness (QED) is 0.707. The second-order valence-electron chi connectivity index (χ2n) is 6.80. The third kappa shape index (κ3) is 5.02. The summed E-state index contributed by atoms with van der Waals surface area (Å²) in [7, 11) is 3.23. The zero-order chi connectivity index (χ0) is 17.6. The first-order valence-electron chi connectivity index (χ1n) is 9.08. The second-order valence-corrected chi connectivity index (χ2v) is 6.80. The molecule has 26 heavy (non-hydrogen) atoms. The first-order chi connectivity index (χ1) is 12.2. The van der Waals surface area contributed by atoms with E-state index in [0.717, 1.165) is 12.1 Å². The molecular weight excluding hydrogens is 356 g/mol. The lowest BCUT2D eigenvalue weighted by atomic mass is 9.85. The van der Waals surface area contributed by atoms with Crippen LogP contribution < -0.4 is 20.1 Å². The number of halogens is 1. The Bertz CT molecular complexity index is 585. The summed E-state index contributed by atoms with van der Waals surface area (Å²) >= 11 is 0. The molecule has 7 heteroatoms. The molecule has 1 aromatic rings. The zero-order valence-electron chi connectivity index (χ0n) is 15.5. The Morgan fingerprint density at radius 2 is 2.00 bits per heavy atom. The molecule has 0 radical (unpaired) electrons. The van der Waals surface area contributed by atoms with Crippen molar-refractivity contribution in [2.24, 2.45) is 5.92 Å². The van der Waals surface area contributed by atoms with E-state index in [9.17, 15) is 4.79 Å². The van der Waals surface area contributed by atoms with E-state index < -0.39 is 0 Å². The number of hydrogen-bond acceptors (Lipinski definition) is 5. The van der Waals surface area contributed by atoms with Crippen molar-refractivity contribution in [2.75, 3.05) is 32.8 Å². The molecule has 1 aliphatic carbocycles. The van der Waals surface area contributed by atoms with E-state index in [-0.39, 0.29) is 24.4 Å². The summed E-state index contributed by atoms with van der Waals surface area (Å²) in [5.41, 5.74) is 0.717. The van der Waals surface area contributed by atoms with E-state index >= 15 is 0 Å². The molecule has 6 nitrogen and oxygen atoms in total. The summed E-state index contributed by atoms with van der Waals surface area (Å²) in [6.07, 6.45) is 5.92. The summed E-state index contributed by atoms with van der Waals surface area (Å²) in [6.45, 7) is 0.923. The fraction of sp³-hybridized carbons (Fsp3) is 0.632. The van der Waals surface area contributed by atoms with Crippen molar-refractivity contribution < 1.29 is 19.0 Å². The SMILES string of the molecule is COCCOc1cc(NC(=O)C2CC3CCCCC3N2)ccc1OC.Cl. The Balaban J connectivity index is 0.00000243. The van der Waals surface area contributed by atoms with Crippen LogP contribution in [0.25, 0.3) is 0 Å². The van der Waals surface area contributed by atoms with Crippen molar-refractivity contribution in [2.45, 2.75) is 44.2 Å². The van der Waals surface area contributed by atoms with Crippen molar-refractivity contribution in [1.29, 1.82) is 0 Å². The van der Waals surface area contributed by atoms with Crippen molar-refractivity contribution in [3.63, 3.8) is 0 Å². The number of carbonyl (C=O) groups excluding carboxylic acids is 1. The van der Waals surface area contributed by atoms with Crippen molar-refractivity contribution in [3.8, 4) is 11.5 Å². The van der Waals surface area contributed by atoms with Gasteiger partial charge in [-0.15, -0.1) is 12.4 Å². The Morgan fingerprint density at radius 1 is 1.19 bits per heavy atom. The van der Waals surface area contributed by atoms with Crippen LogP contribution >= 0.6 is 12.4 Å². The van der Waals surface area contributed by atoms with Crippen LogP contribution in [-0.4, -0.2) is 45.4 Å². The highest BCUT2D eigenvalue weighted by molar-refractivity contribution is 5.95. The van der Waals surface area contributed by atoms with Crippen LogP contribution in [0, 0.1) is 5.92 Å². The highest BCUT2D eigenvalue weighted by Crippen LogP contribution is 2.34. The number of hydrogen-bond donors (Lipinski definition) is 2. The van der Waals surface area contributed by atoms with E-state index in [4.69, 9.17) is 14.2 Å². The molecular formula is C19H29ClN2O4. The van der Waals surface area contributed by atoms with E-state index in [1.807, 2.05) is 6.07 Å². The van der Waals surface area contributed by atoms with E-state index in [2.05, 4.69) is 10.6 Å². The lowest BCUT2D eigenvalue weighted by Crippen LogP contribution is -2.39. The highest BCUT2D eigenvalue weighted by Gasteiger charge is 2.38. The van der Waals surface area contributed by atoms with Crippen LogP contribution in [-0.2, 0) is 9.53 Å². The zero-order valence-corrected chi connectivity index (χ0v) is 16.3. The normalized spacial score (nSPS) is 24.3. The van der Waals surface area contributed by atoms with Crippen LogP contribution in [0.3, 0.4) is 0 Å². The van der Waals surface area contributed by atoms with Crippen LogP contribution in [0.2, 0.25) is 0 Å². The van der Waals surface area contributed by atoms with Gasteiger partial charge in [0, 0.05) is 24.9 Å². The molecule has 2 fully saturated rings. The molecule has 1 saturated heterocycles.